The lowest BCUT2D eigenvalue weighted by molar-refractivity contribution is 0.262. The van der Waals surface area contributed by atoms with Gasteiger partial charge in [-0.15, -0.1) is 0 Å². The van der Waals surface area contributed by atoms with E-state index in [1.165, 1.54) is 0 Å². The Bertz CT molecular complexity index is 581. The first-order chi connectivity index (χ1) is 9.67. The normalized spacial score (nSPS) is 10.6. The minimum absolute atomic E-state index is 0.453. The molecule has 0 atom stereocenters. The molecule has 5 heteroatoms. The average Bonchev–Trinajstić information content (AvgIpc) is 2.73. The molecule has 0 aliphatic rings. The average molecular weight is 339 g/mol. The molecule has 0 saturated heterocycles. The molecule has 0 amide bonds. The molecule has 0 N–H and O–H groups in total. The highest BCUT2D eigenvalue weighted by molar-refractivity contribution is 9.10. The van der Waals surface area contributed by atoms with Crippen molar-refractivity contribution in [1.82, 2.24) is 9.78 Å². The predicted octanol–water partition coefficient (Wildman–Crippen LogP) is 3.72. The Morgan fingerprint density at radius 2 is 1.80 bits per heavy atom. The molecule has 0 aliphatic carbocycles. The number of aromatic nitrogens is 2. The van der Waals surface area contributed by atoms with Crippen molar-refractivity contribution in [2.75, 3.05) is 6.61 Å². The van der Waals surface area contributed by atoms with Gasteiger partial charge in [-0.2, -0.15) is 5.10 Å². The molecule has 0 radical (unpaired) electrons. The van der Waals surface area contributed by atoms with Gasteiger partial charge in [0.15, 0.2) is 11.5 Å². The molecule has 0 unspecified atom stereocenters. The van der Waals surface area contributed by atoms with Crippen LogP contribution in [0.5, 0.6) is 11.5 Å². The molecule has 0 fully saturated rings. The molecular formula is C15H19BrN2O2. The van der Waals surface area contributed by atoms with Crippen molar-refractivity contribution in [1.29, 1.82) is 0 Å². The van der Waals surface area contributed by atoms with Crippen LogP contribution in [0.2, 0.25) is 0 Å². The van der Waals surface area contributed by atoms with E-state index in [2.05, 4.69) is 28.0 Å². The Morgan fingerprint density at radius 3 is 2.35 bits per heavy atom. The third-order valence-corrected chi connectivity index (χ3v) is 3.93. The molecule has 0 spiro atoms. The van der Waals surface area contributed by atoms with Gasteiger partial charge in [0.1, 0.15) is 6.61 Å². The Balaban J connectivity index is 2.15. The number of nitrogens with zero attached hydrogens (tertiary/aromatic N) is 2. The summed E-state index contributed by atoms with van der Waals surface area (Å²) in [5.74, 6) is 1.52. The molecule has 2 aromatic rings. The minimum atomic E-state index is 0.453. The summed E-state index contributed by atoms with van der Waals surface area (Å²) in [7, 11) is 1.93. The summed E-state index contributed by atoms with van der Waals surface area (Å²) in [6.07, 6.45) is 0.893. The summed E-state index contributed by atoms with van der Waals surface area (Å²) in [6, 6.07) is 7.70. The fourth-order valence-electron chi connectivity index (χ4n) is 1.97. The van der Waals surface area contributed by atoms with Crippen LogP contribution in [0.1, 0.15) is 25.2 Å². The maximum Gasteiger partial charge on any atom is 0.161 e. The smallest absolute Gasteiger partial charge is 0.161 e. The minimum Gasteiger partial charge on any atom is -0.490 e. The summed E-state index contributed by atoms with van der Waals surface area (Å²) < 4.78 is 14.3. The van der Waals surface area contributed by atoms with Crippen molar-refractivity contribution >= 4 is 15.9 Å². The van der Waals surface area contributed by atoms with E-state index in [0.717, 1.165) is 33.8 Å². The SMILES string of the molecule is CCOc1ccccc1OCc1c(Br)c(CC)nn1C. The second-order valence-corrected chi connectivity index (χ2v) is 5.15. The number of hydrogen-bond donors (Lipinski definition) is 0. The van der Waals surface area contributed by atoms with Gasteiger partial charge in [0.2, 0.25) is 0 Å². The van der Waals surface area contributed by atoms with Crippen LogP contribution in [0, 0.1) is 0 Å². The van der Waals surface area contributed by atoms with Gasteiger partial charge in [0.25, 0.3) is 0 Å². The molecule has 1 aromatic carbocycles. The zero-order valence-electron chi connectivity index (χ0n) is 12.0. The number of halogens is 1. The summed E-state index contributed by atoms with van der Waals surface area (Å²) in [4.78, 5) is 0. The van der Waals surface area contributed by atoms with Crippen molar-refractivity contribution in [2.45, 2.75) is 26.9 Å². The highest BCUT2D eigenvalue weighted by atomic mass is 79.9. The van der Waals surface area contributed by atoms with E-state index < -0.39 is 0 Å². The second-order valence-electron chi connectivity index (χ2n) is 4.35. The van der Waals surface area contributed by atoms with Crippen LogP contribution in [0.3, 0.4) is 0 Å². The zero-order chi connectivity index (χ0) is 14.5. The van der Waals surface area contributed by atoms with E-state index >= 15 is 0 Å². The Labute approximate surface area is 127 Å². The fourth-order valence-corrected chi connectivity index (χ4v) is 2.70. The predicted molar refractivity (Wildman–Crippen MR) is 82.2 cm³/mol. The molecule has 2 rings (SSSR count). The lowest BCUT2D eigenvalue weighted by Crippen LogP contribution is -2.05. The number of hydrogen-bond acceptors (Lipinski definition) is 3. The quantitative estimate of drug-likeness (QED) is 0.805. The van der Waals surface area contributed by atoms with E-state index in [9.17, 15) is 0 Å². The summed E-state index contributed by atoms with van der Waals surface area (Å²) in [5.41, 5.74) is 2.07. The molecule has 0 aliphatic heterocycles. The Hall–Kier alpha value is -1.49. The van der Waals surface area contributed by atoms with Crippen molar-refractivity contribution in [3.05, 3.63) is 40.1 Å². The third kappa shape index (κ3) is 3.15. The molecule has 1 aromatic heterocycles. The summed E-state index contributed by atoms with van der Waals surface area (Å²) in [6.45, 7) is 5.12. The van der Waals surface area contributed by atoms with E-state index in [0.29, 0.717) is 13.2 Å². The standard InChI is InChI=1S/C15H19BrN2O2/c1-4-11-15(16)12(18(3)17-11)10-20-14-9-7-6-8-13(14)19-5-2/h6-9H,4-5,10H2,1-3H3. The van der Waals surface area contributed by atoms with Gasteiger partial charge in [0, 0.05) is 7.05 Å². The first-order valence-electron chi connectivity index (χ1n) is 6.72. The molecule has 20 heavy (non-hydrogen) atoms. The van der Waals surface area contributed by atoms with Crippen LogP contribution in [-0.2, 0) is 20.1 Å². The van der Waals surface area contributed by atoms with Crippen LogP contribution in [0.15, 0.2) is 28.7 Å². The highest BCUT2D eigenvalue weighted by Gasteiger charge is 2.13. The monoisotopic (exact) mass is 338 g/mol. The van der Waals surface area contributed by atoms with Gasteiger partial charge in [-0.05, 0) is 41.4 Å². The molecule has 108 valence electrons. The molecule has 0 bridgehead atoms. The molecule has 1 heterocycles. The van der Waals surface area contributed by atoms with Crippen LogP contribution in [-0.4, -0.2) is 16.4 Å². The lowest BCUT2D eigenvalue weighted by Gasteiger charge is -2.11. The zero-order valence-corrected chi connectivity index (χ0v) is 13.6. The largest absolute Gasteiger partial charge is 0.490 e. The number of aryl methyl sites for hydroxylation is 2. The van der Waals surface area contributed by atoms with Crippen molar-refractivity contribution in [2.24, 2.45) is 7.05 Å². The molecule has 4 nitrogen and oxygen atoms in total. The van der Waals surface area contributed by atoms with Gasteiger partial charge in [-0.1, -0.05) is 19.1 Å². The number of rotatable bonds is 6. The van der Waals surface area contributed by atoms with E-state index in [1.54, 1.807) is 0 Å². The number of para-hydroxylation sites is 2. The van der Waals surface area contributed by atoms with Crippen LogP contribution < -0.4 is 9.47 Å². The van der Waals surface area contributed by atoms with Gasteiger partial charge in [-0.25, -0.2) is 0 Å². The third-order valence-electron chi connectivity index (χ3n) is 3.02. The van der Waals surface area contributed by atoms with E-state index in [-0.39, 0.29) is 0 Å². The lowest BCUT2D eigenvalue weighted by atomic mass is 10.3. The van der Waals surface area contributed by atoms with Crippen molar-refractivity contribution < 1.29 is 9.47 Å². The van der Waals surface area contributed by atoms with Crippen molar-refractivity contribution in [3.8, 4) is 11.5 Å². The summed E-state index contributed by atoms with van der Waals surface area (Å²) >= 11 is 3.59. The summed E-state index contributed by atoms with van der Waals surface area (Å²) in [5, 5.41) is 4.46. The topological polar surface area (TPSA) is 36.3 Å². The van der Waals surface area contributed by atoms with Crippen molar-refractivity contribution in [3.63, 3.8) is 0 Å². The Morgan fingerprint density at radius 1 is 1.15 bits per heavy atom. The molecular weight excluding hydrogens is 320 g/mol. The fraction of sp³-hybridized carbons (Fsp3) is 0.400. The highest BCUT2D eigenvalue weighted by Crippen LogP contribution is 2.29. The first-order valence-corrected chi connectivity index (χ1v) is 7.51. The van der Waals surface area contributed by atoms with Crippen LogP contribution in [0.4, 0.5) is 0 Å². The van der Waals surface area contributed by atoms with Crippen LogP contribution in [0.25, 0.3) is 0 Å². The second kappa shape index (κ2) is 6.79. The maximum absolute atomic E-state index is 5.88. The number of ether oxygens (including phenoxy) is 2. The van der Waals surface area contributed by atoms with Gasteiger partial charge in [0.05, 0.1) is 22.5 Å². The molecule has 0 saturated carbocycles. The Kier molecular flexibility index (Phi) is 5.06. The van der Waals surface area contributed by atoms with Gasteiger partial charge >= 0.3 is 0 Å². The van der Waals surface area contributed by atoms with E-state index in [1.807, 2.05) is 42.9 Å². The number of benzene rings is 1. The first kappa shape index (κ1) is 14.9. The van der Waals surface area contributed by atoms with E-state index in [4.69, 9.17) is 9.47 Å². The van der Waals surface area contributed by atoms with Crippen LogP contribution >= 0.6 is 15.9 Å². The van der Waals surface area contributed by atoms with Gasteiger partial charge < -0.3 is 9.47 Å². The maximum atomic E-state index is 5.88. The van der Waals surface area contributed by atoms with Gasteiger partial charge in [-0.3, -0.25) is 4.68 Å².